The van der Waals surface area contributed by atoms with E-state index in [0.29, 0.717) is 34.7 Å². The predicted molar refractivity (Wildman–Crippen MR) is 93.4 cm³/mol. The van der Waals surface area contributed by atoms with Crippen molar-refractivity contribution < 1.29 is 14.3 Å². The number of ether oxygens (including phenoxy) is 2. The van der Waals surface area contributed by atoms with Crippen molar-refractivity contribution in [2.45, 2.75) is 18.3 Å². The van der Waals surface area contributed by atoms with Gasteiger partial charge in [0.25, 0.3) is 0 Å². The van der Waals surface area contributed by atoms with Crippen LogP contribution in [0, 0.1) is 0 Å². The van der Waals surface area contributed by atoms with Crippen molar-refractivity contribution in [2.75, 3.05) is 18.5 Å². The highest BCUT2D eigenvalue weighted by Gasteiger charge is 2.51. The molecule has 2 aliphatic rings. The van der Waals surface area contributed by atoms with Crippen LogP contribution in [0.2, 0.25) is 10.0 Å². The van der Waals surface area contributed by atoms with Crippen LogP contribution in [0.15, 0.2) is 36.4 Å². The fourth-order valence-corrected chi connectivity index (χ4v) is 3.30. The van der Waals surface area contributed by atoms with E-state index in [0.717, 1.165) is 24.2 Å². The molecule has 1 heterocycles. The van der Waals surface area contributed by atoms with E-state index in [9.17, 15) is 4.79 Å². The van der Waals surface area contributed by atoms with E-state index in [-0.39, 0.29) is 5.91 Å². The van der Waals surface area contributed by atoms with Gasteiger partial charge in [-0.25, -0.2) is 0 Å². The third kappa shape index (κ3) is 2.60. The summed E-state index contributed by atoms with van der Waals surface area (Å²) in [5, 5.41) is 3.67. The highest BCUT2D eigenvalue weighted by molar-refractivity contribution is 6.44. The number of hydrogen-bond acceptors (Lipinski definition) is 3. The molecule has 1 N–H and O–H groups in total. The smallest absolute Gasteiger partial charge is 0.235 e. The highest BCUT2D eigenvalue weighted by Crippen LogP contribution is 2.51. The Hall–Kier alpha value is -1.91. The monoisotopic (exact) mass is 363 g/mol. The van der Waals surface area contributed by atoms with E-state index in [1.54, 1.807) is 18.2 Å². The lowest BCUT2D eigenvalue weighted by atomic mass is 9.94. The van der Waals surface area contributed by atoms with Crippen molar-refractivity contribution in [1.82, 2.24) is 0 Å². The molecule has 0 atom stereocenters. The second kappa shape index (κ2) is 5.87. The maximum absolute atomic E-state index is 12.8. The van der Waals surface area contributed by atoms with Crippen molar-refractivity contribution in [2.24, 2.45) is 0 Å². The molecule has 24 heavy (non-hydrogen) atoms. The lowest BCUT2D eigenvalue weighted by Gasteiger charge is -2.22. The third-order valence-corrected chi connectivity index (χ3v) is 5.30. The molecule has 1 amide bonds. The normalized spacial score (nSPS) is 17.2. The topological polar surface area (TPSA) is 47.6 Å². The number of carbonyl (C=O) groups excluding carboxylic acids is 1. The largest absolute Gasteiger partial charge is 0.486 e. The van der Waals surface area contributed by atoms with Gasteiger partial charge in [-0.3, -0.25) is 4.79 Å². The summed E-state index contributed by atoms with van der Waals surface area (Å²) in [5.74, 6) is 1.33. The Morgan fingerprint density at radius 3 is 2.54 bits per heavy atom. The van der Waals surface area contributed by atoms with Gasteiger partial charge in [0, 0.05) is 0 Å². The van der Waals surface area contributed by atoms with Crippen LogP contribution >= 0.6 is 23.2 Å². The lowest BCUT2D eigenvalue weighted by Crippen LogP contribution is -2.28. The summed E-state index contributed by atoms with van der Waals surface area (Å²) in [6.45, 7) is 1.07. The van der Waals surface area contributed by atoms with Gasteiger partial charge in [0.1, 0.15) is 13.2 Å². The number of amides is 1. The molecule has 2 aromatic carbocycles. The summed E-state index contributed by atoms with van der Waals surface area (Å²) in [5.41, 5.74) is 0.918. The molecule has 0 radical (unpaired) electrons. The zero-order chi connectivity index (χ0) is 16.7. The SMILES string of the molecule is O=C(Nc1cccc(Cl)c1Cl)C1(c2ccc3c(c2)OCCO3)CC1. The zero-order valence-corrected chi connectivity index (χ0v) is 14.3. The molecule has 0 unspecified atom stereocenters. The van der Waals surface area contributed by atoms with Crippen LogP contribution < -0.4 is 14.8 Å². The van der Waals surface area contributed by atoms with Crippen LogP contribution in [0.1, 0.15) is 18.4 Å². The molecule has 1 fully saturated rings. The van der Waals surface area contributed by atoms with E-state index in [4.69, 9.17) is 32.7 Å². The van der Waals surface area contributed by atoms with Crippen LogP contribution in [0.5, 0.6) is 11.5 Å². The van der Waals surface area contributed by atoms with Crippen molar-refractivity contribution in [3.63, 3.8) is 0 Å². The van der Waals surface area contributed by atoms with E-state index in [2.05, 4.69) is 5.32 Å². The minimum Gasteiger partial charge on any atom is -0.486 e. The van der Waals surface area contributed by atoms with E-state index in [1.165, 1.54) is 0 Å². The van der Waals surface area contributed by atoms with Gasteiger partial charge in [-0.1, -0.05) is 35.3 Å². The molecular formula is C18H15Cl2NO3. The van der Waals surface area contributed by atoms with Gasteiger partial charge in [0.15, 0.2) is 11.5 Å². The minimum atomic E-state index is -0.540. The van der Waals surface area contributed by atoms with Crippen molar-refractivity contribution in [3.8, 4) is 11.5 Å². The summed E-state index contributed by atoms with van der Waals surface area (Å²) in [4.78, 5) is 12.8. The Balaban J connectivity index is 1.61. The molecule has 4 nitrogen and oxygen atoms in total. The molecule has 124 valence electrons. The first-order valence-corrected chi connectivity index (χ1v) is 8.51. The number of nitrogens with one attached hydrogen (secondary N) is 1. The minimum absolute atomic E-state index is 0.0802. The number of hydrogen-bond donors (Lipinski definition) is 1. The summed E-state index contributed by atoms with van der Waals surface area (Å²) in [7, 11) is 0. The molecule has 0 bridgehead atoms. The van der Waals surface area contributed by atoms with Crippen LogP contribution in [0.3, 0.4) is 0 Å². The number of rotatable bonds is 3. The molecule has 2 aromatic rings. The Kier molecular flexibility index (Phi) is 3.82. The fourth-order valence-electron chi connectivity index (χ4n) is 2.96. The highest BCUT2D eigenvalue weighted by atomic mass is 35.5. The Labute approximate surface area is 149 Å². The van der Waals surface area contributed by atoms with Gasteiger partial charge in [-0.15, -0.1) is 0 Å². The number of carbonyl (C=O) groups is 1. The molecule has 1 aliphatic heterocycles. The van der Waals surface area contributed by atoms with Crippen molar-refractivity contribution >= 4 is 34.8 Å². The van der Waals surface area contributed by atoms with Gasteiger partial charge in [0.2, 0.25) is 5.91 Å². The molecule has 0 saturated heterocycles. The average Bonchev–Trinajstić information content (AvgIpc) is 3.40. The zero-order valence-electron chi connectivity index (χ0n) is 12.8. The first-order chi connectivity index (χ1) is 11.6. The Bertz CT molecular complexity index is 818. The van der Waals surface area contributed by atoms with E-state index in [1.807, 2.05) is 18.2 Å². The maximum atomic E-state index is 12.8. The number of benzene rings is 2. The molecule has 6 heteroatoms. The van der Waals surface area contributed by atoms with Crippen molar-refractivity contribution in [1.29, 1.82) is 0 Å². The number of anilines is 1. The van der Waals surface area contributed by atoms with Crippen LogP contribution in [0.25, 0.3) is 0 Å². The predicted octanol–water partition coefficient (Wildman–Crippen LogP) is 4.43. The molecule has 1 saturated carbocycles. The molecular weight excluding hydrogens is 349 g/mol. The quantitative estimate of drug-likeness (QED) is 0.876. The van der Waals surface area contributed by atoms with E-state index < -0.39 is 5.41 Å². The first-order valence-electron chi connectivity index (χ1n) is 7.76. The molecule has 0 aromatic heterocycles. The number of fused-ring (bicyclic) bond motifs is 1. The second-order valence-electron chi connectivity index (χ2n) is 6.00. The summed E-state index contributed by atoms with van der Waals surface area (Å²) in [6.07, 6.45) is 1.58. The number of halogens is 2. The van der Waals surface area contributed by atoms with Crippen LogP contribution in [0.4, 0.5) is 5.69 Å². The van der Waals surface area contributed by atoms with Gasteiger partial charge < -0.3 is 14.8 Å². The third-order valence-electron chi connectivity index (χ3n) is 4.48. The standard InChI is InChI=1S/C18H15Cl2NO3/c19-12-2-1-3-13(16(12)20)21-17(22)18(6-7-18)11-4-5-14-15(10-11)24-9-8-23-14/h1-5,10H,6-9H2,(H,21,22). The molecule has 4 rings (SSSR count). The van der Waals surface area contributed by atoms with Gasteiger partial charge in [0.05, 0.1) is 21.1 Å². The summed E-state index contributed by atoms with van der Waals surface area (Å²) < 4.78 is 11.2. The molecule has 0 spiro atoms. The van der Waals surface area contributed by atoms with E-state index >= 15 is 0 Å². The Morgan fingerprint density at radius 2 is 1.79 bits per heavy atom. The van der Waals surface area contributed by atoms with Gasteiger partial charge >= 0.3 is 0 Å². The lowest BCUT2D eigenvalue weighted by molar-refractivity contribution is -0.118. The average molecular weight is 364 g/mol. The maximum Gasteiger partial charge on any atom is 0.235 e. The second-order valence-corrected chi connectivity index (χ2v) is 6.78. The first kappa shape index (κ1) is 15.6. The van der Waals surface area contributed by atoms with Crippen LogP contribution in [-0.4, -0.2) is 19.1 Å². The summed E-state index contributed by atoms with van der Waals surface area (Å²) >= 11 is 12.2. The fraction of sp³-hybridized carbons (Fsp3) is 0.278. The van der Waals surface area contributed by atoms with Gasteiger partial charge in [-0.2, -0.15) is 0 Å². The Morgan fingerprint density at radius 1 is 1.04 bits per heavy atom. The van der Waals surface area contributed by atoms with Crippen LogP contribution in [-0.2, 0) is 10.2 Å². The summed E-state index contributed by atoms with van der Waals surface area (Å²) in [6, 6.07) is 10.9. The molecule has 1 aliphatic carbocycles. The van der Waals surface area contributed by atoms with Gasteiger partial charge in [-0.05, 0) is 42.7 Å². The van der Waals surface area contributed by atoms with Crippen molar-refractivity contribution in [3.05, 3.63) is 52.0 Å².